The van der Waals surface area contributed by atoms with E-state index >= 15 is 0 Å². The number of hydrogen-bond acceptors (Lipinski definition) is 8. The van der Waals surface area contributed by atoms with Crippen LogP contribution in [0.5, 0.6) is 0 Å². The highest BCUT2D eigenvalue weighted by atomic mass is 35.5. The Kier molecular flexibility index (Phi) is 12.7. The van der Waals surface area contributed by atoms with E-state index in [1.807, 2.05) is 29.6 Å². The fourth-order valence-corrected chi connectivity index (χ4v) is 4.00. The van der Waals surface area contributed by atoms with E-state index in [1.165, 1.54) is 0 Å². The molecule has 2 aromatic heterocycles. The molecule has 2 aromatic carbocycles. The first-order chi connectivity index (χ1) is 19.0. The van der Waals surface area contributed by atoms with Crippen molar-refractivity contribution in [3.8, 4) is 0 Å². The molecule has 4 aromatic rings. The zero-order valence-electron chi connectivity index (χ0n) is 22.0. The third kappa shape index (κ3) is 10.8. The molecule has 2 heterocycles. The number of carboxylic acids is 3. The van der Waals surface area contributed by atoms with Gasteiger partial charge < -0.3 is 31.3 Å². The molecule has 6 N–H and O–H groups in total. The Balaban J connectivity index is 0.000000212. The van der Waals surface area contributed by atoms with Crippen molar-refractivity contribution >= 4 is 68.1 Å². The van der Waals surface area contributed by atoms with Crippen molar-refractivity contribution in [2.24, 2.45) is 0 Å². The van der Waals surface area contributed by atoms with Crippen molar-refractivity contribution in [1.29, 1.82) is 0 Å². The van der Waals surface area contributed by atoms with Gasteiger partial charge in [-0.15, -0.1) is 11.3 Å². The lowest BCUT2D eigenvalue weighted by Gasteiger charge is -2.09. The smallest absolute Gasteiger partial charge is 0.325 e. The Hall–Kier alpha value is -4.35. The summed E-state index contributed by atoms with van der Waals surface area (Å²) in [7, 11) is 0. The van der Waals surface area contributed by atoms with E-state index in [2.05, 4.69) is 20.9 Å². The maximum absolute atomic E-state index is 10.7. The molecule has 3 atom stereocenters. The minimum atomic E-state index is -0.888. The lowest BCUT2D eigenvalue weighted by Crippen LogP contribution is -2.25. The molecule has 0 radical (unpaired) electrons. The molecule has 3 unspecified atom stereocenters. The number of hydrogen-bond donors (Lipinski definition) is 6. The van der Waals surface area contributed by atoms with E-state index in [0.29, 0.717) is 10.8 Å². The van der Waals surface area contributed by atoms with Gasteiger partial charge in [-0.25, -0.2) is 4.98 Å². The highest BCUT2D eigenvalue weighted by molar-refractivity contribution is 7.17. The summed E-state index contributed by atoms with van der Waals surface area (Å²) >= 11 is 7.28. The number of aliphatic carboxylic acids is 3. The molecule has 212 valence electrons. The number of nitrogens with zero attached hydrogens (tertiary/aromatic N) is 1. The van der Waals surface area contributed by atoms with E-state index in [1.54, 1.807) is 80.8 Å². The number of benzene rings is 2. The van der Waals surface area contributed by atoms with Gasteiger partial charge in [-0.05, 0) is 63.2 Å². The lowest BCUT2D eigenvalue weighted by molar-refractivity contribution is -0.138. The van der Waals surface area contributed by atoms with Crippen molar-refractivity contribution in [3.05, 3.63) is 83.3 Å². The molecule has 0 aliphatic heterocycles. The van der Waals surface area contributed by atoms with Gasteiger partial charge in [-0.3, -0.25) is 14.4 Å². The molecular weight excluding hydrogens is 556 g/mol. The van der Waals surface area contributed by atoms with Crippen molar-refractivity contribution in [2.75, 3.05) is 16.0 Å². The van der Waals surface area contributed by atoms with Gasteiger partial charge in [0.15, 0.2) is 0 Å². The number of fused-ring (bicyclic) bond motifs is 1. The van der Waals surface area contributed by atoms with E-state index in [9.17, 15) is 14.4 Å². The van der Waals surface area contributed by atoms with Crippen molar-refractivity contribution in [1.82, 2.24) is 4.98 Å². The number of carbonyl (C=O) groups is 3. The highest BCUT2D eigenvalue weighted by Crippen LogP contribution is 2.30. The number of rotatable bonds is 9. The van der Waals surface area contributed by atoms with E-state index in [-0.39, 0.29) is 0 Å². The molecule has 10 nitrogen and oxygen atoms in total. The van der Waals surface area contributed by atoms with Gasteiger partial charge in [0.1, 0.15) is 23.9 Å². The first-order valence-corrected chi connectivity index (χ1v) is 13.3. The molecule has 0 spiro atoms. The number of pyridine rings is 1. The zero-order chi connectivity index (χ0) is 29.7. The van der Waals surface area contributed by atoms with Crippen LogP contribution in [0.25, 0.3) is 10.1 Å². The Labute approximate surface area is 240 Å². The van der Waals surface area contributed by atoms with Gasteiger partial charge in [0.25, 0.3) is 0 Å². The maximum atomic E-state index is 10.7. The van der Waals surface area contributed by atoms with Crippen molar-refractivity contribution in [2.45, 2.75) is 38.9 Å². The van der Waals surface area contributed by atoms with Crippen LogP contribution in [-0.4, -0.2) is 56.3 Å². The maximum Gasteiger partial charge on any atom is 0.325 e. The van der Waals surface area contributed by atoms with Crippen LogP contribution in [0.15, 0.2) is 78.3 Å². The number of nitrogens with one attached hydrogen (secondary N) is 3. The second-order valence-electron chi connectivity index (χ2n) is 8.48. The Morgan fingerprint density at radius 1 is 0.750 bits per heavy atom. The summed E-state index contributed by atoms with van der Waals surface area (Å²) in [5.41, 5.74) is 1.64. The summed E-state index contributed by atoms with van der Waals surface area (Å²) in [6, 6.07) is 18.3. The number of aromatic nitrogens is 1. The first kappa shape index (κ1) is 31.9. The predicted molar refractivity (Wildman–Crippen MR) is 160 cm³/mol. The summed E-state index contributed by atoms with van der Waals surface area (Å²) in [5.74, 6) is -2.03. The Morgan fingerprint density at radius 2 is 1.30 bits per heavy atom. The van der Waals surface area contributed by atoms with Crippen molar-refractivity contribution in [3.63, 3.8) is 0 Å². The van der Waals surface area contributed by atoms with Crippen LogP contribution in [0.3, 0.4) is 0 Å². The highest BCUT2D eigenvalue weighted by Gasteiger charge is 2.12. The molecule has 40 heavy (non-hydrogen) atoms. The van der Waals surface area contributed by atoms with Crippen LogP contribution in [0.1, 0.15) is 20.8 Å². The molecule has 4 rings (SSSR count). The molecule has 0 fully saturated rings. The van der Waals surface area contributed by atoms with Crippen LogP contribution >= 0.6 is 22.9 Å². The second-order valence-corrected chi connectivity index (χ2v) is 9.83. The molecular formula is C28H31ClN4O6S. The zero-order valence-corrected chi connectivity index (χ0v) is 23.6. The quantitative estimate of drug-likeness (QED) is 0.138. The molecule has 0 aliphatic rings. The normalized spacial score (nSPS) is 12.3. The second kappa shape index (κ2) is 15.9. The number of carboxylic acid groups (broad SMARTS) is 3. The first-order valence-electron chi connectivity index (χ1n) is 12.1. The fraction of sp³-hybridized carbons (Fsp3) is 0.214. The predicted octanol–water partition coefficient (Wildman–Crippen LogP) is 5.98. The van der Waals surface area contributed by atoms with Gasteiger partial charge in [-0.1, -0.05) is 35.9 Å². The number of anilines is 3. The minimum Gasteiger partial charge on any atom is -0.480 e. The largest absolute Gasteiger partial charge is 0.480 e. The summed E-state index contributed by atoms with van der Waals surface area (Å²) in [6.45, 7) is 4.78. The van der Waals surface area contributed by atoms with E-state index in [0.717, 1.165) is 21.5 Å². The van der Waals surface area contributed by atoms with Gasteiger partial charge in [0.2, 0.25) is 0 Å². The van der Waals surface area contributed by atoms with Crippen LogP contribution in [0.2, 0.25) is 5.02 Å². The fourth-order valence-electron chi connectivity index (χ4n) is 2.97. The Bertz CT molecular complexity index is 1380. The van der Waals surface area contributed by atoms with Crippen LogP contribution in [0.4, 0.5) is 17.2 Å². The minimum absolute atomic E-state index is 0.567. The summed E-state index contributed by atoms with van der Waals surface area (Å²) in [6.07, 6.45) is 1.61. The molecule has 0 saturated carbocycles. The van der Waals surface area contributed by atoms with E-state index < -0.39 is 36.0 Å². The average Bonchev–Trinajstić information content (AvgIpc) is 3.33. The molecule has 0 saturated heterocycles. The number of halogens is 1. The summed E-state index contributed by atoms with van der Waals surface area (Å²) in [4.78, 5) is 35.5. The Morgan fingerprint density at radius 3 is 1.88 bits per heavy atom. The number of thiophene rings is 1. The topological polar surface area (TPSA) is 161 Å². The van der Waals surface area contributed by atoms with Gasteiger partial charge >= 0.3 is 17.9 Å². The van der Waals surface area contributed by atoms with Crippen LogP contribution in [-0.2, 0) is 14.4 Å². The third-order valence-electron chi connectivity index (χ3n) is 5.22. The summed E-state index contributed by atoms with van der Waals surface area (Å²) < 4.78 is 1.16. The van der Waals surface area contributed by atoms with Crippen molar-refractivity contribution < 1.29 is 29.7 Å². The molecule has 0 bridgehead atoms. The SMILES string of the molecule is CC(Nc1ccc(Cl)cc1)C(=O)O.CC(Nc1ccccn1)C(=O)O.CC(Nc1csc2ccccc12)C(=O)O. The van der Waals surface area contributed by atoms with Gasteiger partial charge in [-0.2, -0.15) is 0 Å². The van der Waals surface area contributed by atoms with Gasteiger partial charge in [0.05, 0.1) is 5.69 Å². The molecule has 0 amide bonds. The summed E-state index contributed by atoms with van der Waals surface area (Å²) in [5, 5.41) is 38.1. The average molecular weight is 587 g/mol. The lowest BCUT2D eigenvalue weighted by atomic mass is 10.2. The van der Waals surface area contributed by atoms with Crippen LogP contribution in [0, 0.1) is 0 Å². The third-order valence-corrected chi connectivity index (χ3v) is 6.44. The molecule has 12 heteroatoms. The van der Waals surface area contributed by atoms with Gasteiger partial charge in [0, 0.05) is 32.4 Å². The van der Waals surface area contributed by atoms with E-state index in [4.69, 9.17) is 26.9 Å². The monoisotopic (exact) mass is 586 g/mol. The van der Waals surface area contributed by atoms with Crippen LogP contribution < -0.4 is 16.0 Å². The standard InChI is InChI=1S/C11H11NO2S.C9H10ClNO2.C8H10N2O2/c1-7(11(13)14)12-9-6-15-10-5-3-2-4-8(9)10;1-6(9(12)13)11-8-4-2-7(10)3-5-8;1-6(8(11)12)10-7-4-2-3-5-9-7/h2-7,12H,1H3,(H,13,14);2-6,11H,1H3,(H,12,13);2-6H,1H3,(H,9,10)(H,11,12). The molecule has 0 aliphatic carbocycles.